The van der Waals surface area contributed by atoms with Gasteiger partial charge in [-0.1, -0.05) is 97.8 Å². The van der Waals surface area contributed by atoms with Gasteiger partial charge in [0.15, 0.2) is 0 Å². The van der Waals surface area contributed by atoms with E-state index in [0.717, 1.165) is 6.04 Å². The predicted molar refractivity (Wildman–Crippen MR) is 115 cm³/mol. The number of unbranched alkanes of at least 4 members (excludes halogenated alkanes) is 11. The molecule has 0 spiro atoms. The number of hydrogen-bond acceptors (Lipinski definition) is 3. The van der Waals surface area contributed by atoms with Gasteiger partial charge < -0.3 is 13.3 Å². The molecule has 0 amide bonds. The van der Waals surface area contributed by atoms with E-state index in [1.807, 2.05) is 0 Å². The zero-order chi connectivity index (χ0) is 19.7. The Morgan fingerprint density at radius 3 is 1.38 bits per heavy atom. The first-order chi connectivity index (χ1) is 12.5. The van der Waals surface area contributed by atoms with Gasteiger partial charge in [-0.15, -0.1) is 0 Å². The summed E-state index contributed by atoms with van der Waals surface area (Å²) >= 11 is 0. The molecule has 0 rings (SSSR count). The molecule has 0 heterocycles. The molecular weight excluding hydrogens is 340 g/mol. The molecular formula is C22H47O3Si. The first kappa shape index (κ1) is 26.1. The summed E-state index contributed by atoms with van der Waals surface area (Å²) in [5.74, 6) is 2.01. The second-order valence-corrected chi connectivity index (χ2v) is 11.0. The Labute approximate surface area is 165 Å². The SMILES string of the molecule is CCCCCCCCCCCCCCC(C[Si](OC)(OC)OC)[C](C)C. The summed E-state index contributed by atoms with van der Waals surface area (Å²) < 4.78 is 16.8. The lowest BCUT2D eigenvalue weighted by atomic mass is 9.91. The van der Waals surface area contributed by atoms with E-state index < -0.39 is 8.80 Å². The van der Waals surface area contributed by atoms with E-state index in [0.29, 0.717) is 5.92 Å². The highest BCUT2D eigenvalue weighted by Crippen LogP contribution is 2.30. The van der Waals surface area contributed by atoms with Gasteiger partial charge >= 0.3 is 8.80 Å². The molecule has 26 heavy (non-hydrogen) atoms. The molecule has 0 N–H and O–H groups in total. The van der Waals surface area contributed by atoms with Gasteiger partial charge in [0.05, 0.1) is 0 Å². The topological polar surface area (TPSA) is 27.7 Å². The van der Waals surface area contributed by atoms with E-state index in [1.165, 1.54) is 89.4 Å². The molecule has 0 bridgehead atoms. The van der Waals surface area contributed by atoms with Crippen LogP contribution in [0.25, 0.3) is 0 Å². The minimum absolute atomic E-state index is 0.546. The predicted octanol–water partition coefficient (Wildman–Crippen LogP) is 7.19. The van der Waals surface area contributed by atoms with Crippen LogP contribution >= 0.6 is 0 Å². The van der Waals surface area contributed by atoms with Crippen molar-refractivity contribution >= 4 is 8.80 Å². The molecule has 0 aliphatic carbocycles. The van der Waals surface area contributed by atoms with Crippen LogP contribution in [0.5, 0.6) is 0 Å². The average molecular weight is 388 g/mol. The van der Waals surface area contributed by atoms with E-state index in [9.17, 15) is 0 Å². The first-order valence-electron chi connectivity index (χ1n) is 11.0. The zero-order valence-corrected chi connectivity index (χ0v) is 19.7. The van der Waals surface area contributed by atoms with Gasteiger partial charge in [-0.25, -0.2) is 0 Å². The van der Waals surface area contributed by atoms with Gasteiger partial charge in [0.2, 0.25) is 0 Å². The summed E-state index contributed by atoms with van der Waals surface area (Å²) in [6.45, 7) is 6.74. The smallest absolute Gasteiger partial charge is 0.377 e. The van der Waals surface area contributed by atoms with Crippen LogP contribution in [0.1, 0.15) is 104 Å². The maximum Gasteiger partial charge on any atom is 0.500 e. The van der Waals surface area contributed by atoms with Gasteiger partial charge in [-0.2, -0.15) is 0 Å². The largest absolute Gasteiger partial charge is 0.500 e. The fraction of sp³-hybridized carbons (Fsp3) is 0.955. The lowest BCUT2D eigenvalue weighted by molar-refractivity contribution is 0.118. The normalized spacial score (nSPS) is 13.5. The first-order valence-corrected chi connectivity index (χ1v) is 12.9. The Bertz CT molecular complexity index is 285. The maximum absolute atomic E-state index is 5.61. The summed E-state index contributed by atoms with van der Waals surface area (Å²) in [5.41, 5.74) is 0. The monoisotopic (exact) mass is 387 g/mol. The molecule has 0 aromatic rings. The van der Waals surface area contributed by atoms with Gasteiger partial charge in [-0.05, 0) is 18.3 Å². The summed E-state index contributed by atoms with van der Waals surface area (Å²) in [4.78, 5) is 0. The molecule has 0 aliphatic heterocycles. The quantitative estimate of drug-likeness (QED) is 0.173. The Morgan fingerprint density at radius 2 is 1.04 bits per heavy atom. The minimum atomic E-state index is -2.47. The van der Waals surface area contributed by atoms with Crippen molar-refractivity contribution in [3.05, 3.63) is 5.92 Å². The Balaban J connectivity index is 3.75. The highest BCUT2D eigenvalue weighted by atomic mass is 28.4. The van der Waals surface area contributed by atoms with Crippen molar-refractivity contribution in [1.82, 2.24) is 0 Å². The lowest BCUT2D eigenvalue weighted by Crippen LogP contribution is -2.45. The third-order valence-electron chi connectivity index (χ3n) is 5.65. The molecule has 4 heteroatoms. The Hall–Kier alpha value is 0.0969. The molecule has 1 atom stereocenters. The van der Waals surface area contributed by atoms with Gasteiger partial charge in [0.25, 0.3) is 0 Å². The van der Waals surface area contributed by atoms with Crippen LogP contribution in [0.4, 0.5) is 0 Å². The van der Waals surface area contributed by atoms with Crippen molar-refractivity contribution in [2.45, 2.75) is 110 Å². The van der Waals surface area contributed by atoms with Crippen LogP contribution in [0.2, 0.25) is 6.04 Å². The van der Waals surface area contributed by atoms with Crippen molar-refractivity contribution in [3.8, 4) is 0 Å². The van der Waals surface area contributed by atoms with Gasteiger partial charge in [-0.3, -0.25) is 0 Å². The van der Waals surface area contributed by atoms with Crippen molar-refractivity contribution in [2.75, 3.05) is 21.3 Å². The summed E-state index contributed by atoms with van der Waals surface area (Å²) in [6, 6.07) is 0.900. The van der Waals surface area contributed by atoms with Crippen molar-refractivity contribution in [3.63, 3.8) is 0 Å². The molecule has 1 radical (unpaired) electrons. The van der Waals surface area contributed by atoms with Crippen LogP contribution in [-0.4, -0.2) is 30.1 Å². The molecule has 0 fully saturated rings. The van der Waals surface area contributed by atoms with Crippen LogP contribution in [0.15, 0.2) is 0 Å². The molecule has 157 valence electrons. The van der Waals surface area contributed by atoms with E-state index in [-0.39, 0.29) is 0 Å². The molecule has 0 aromatic heterocycles. The van der Waals surface area contributed by atoms with Crippen LogP contribution in [0.3, 0.4) is 0 Å². The zero-order valence-electron chi connectivity index (χ0n) is 18.7. The summed E-state index contributed by atoms with van der Waals surface area (Å²) in [7, 11) is 2.67. The molecule has 0 saturated heterocycles. The van der Waals surface area contributed by atoms with Crippen molar-refractivity contribution < 1.29 is 13.3 Å². The Kier molecular flexibility index (Phi) is 17.3. The highest BCUT2D eigenvalue weighted by Gasteiger charge is 2.41. The number of hydrogen-bond donors (Lipinski definition) is 0. The van der Waals surface area contributed by atoms with E-state index in [1.54, 1.807) is 21.3 Å². The lowest BCUT2D eigenvalue weighted by Gasteiger charge is -2.30. The molecule has 0 aliphatic rings. The second-order valence-electron chi connectivity index (χ2n) is 7.95. The molecule has 1 unspecified atom stereocenters. The fourth-order valence-corrected chi connectivity index (χ4v) is 5.84. The third kappa shape index (κ3) is 12.5. The fourth-order valence-electron chi connectivity index (χ4n) is 3.63. The molecule has 3 nitrogen and oxygen atoms in total. The van der Waals surface area contributed by atoms with Crippen LogP contribution < -0.4 is 0 Å². The summed E-state index contributed by atoms with van der Waals surface area (Å²) in [5, 5.41) is 0. The standard InChI is InChI=1S/C22H47O3Si/c1-7-8-9-10-11-12-13-14-15-16-17-18-19-22(21(2)3)20-26(23-4,24-5)25-6/h22H,7-20H2,1-6H3. The summed E-state index contributed by atoms with van der Waals surface area (Å²) in [6.07, 6.45) is 18.0. The molecule has 0 aromatic carbocycles. The third-order valence-corrected chi connectivity index (χ3v) is 8.51. The highest BCUT2D eigenvalue weighted by molar-refractivity contribution is 6.60. The minimum Gasteiger partial charge on any atom is -0.377 e. The van der Waals surface area contributed by atoms with E-state index >= 15 is 0 Å². The van der Waals surface area contributed by atoms with Crippen LogP contribution in [-0.2, 0) is 13.3 Å². The van der Waals surface area contributed by atoms with Crippen LogP contribution in [0, 0.1) is 11.8 Å². The average Bonchev–Trinajstić information content (AvgIpc) is 2.65. The Morgan fingerprint density at radius 1 is 0.654 bits per heavy atom. The maximum atomic E-state index is 5.61. The van der Waals surface area contributed by atoms with Gasteiger partial charge in [0.1, 0.15) is 0 Å². The second kappa shape index (κ2) is 17.2. The van der Waals surface area contributed by atoms with E-state index in [2.05, 4.69) is 20.8 Å². The van der Waals surface area contributed by atoms with Crippen molar-refractivity contribution in [2.24, 2.45) is 5.92 Å². The van der Waals surface area contributed by atoms with E-state index in [4.69, 9.17) is 13.3 Å². The number of rotatable bonds is 19. The van der Waals surface area contributed by atoms with Gasteiger partial charge in [0, 0.05) is 27.4 Å². The molecule has 0 saturated carbocycles. The van der Waals surface area contributed by atoms with Crippen molar-refractivity contribution in [1.29, 1.82) is 0 Å².